The Morgan fingerprint density at radius 1 is 1.08 bits per heavy atom. The van der Waals surface area contributed by atoms with Crippen molar-refractivity contribution in [3.05, 3.63) is 78.4 Å². The van der Waals surface area contributed by atoms with Crippen LogP contribution in [0.25, 0.3) is 0 Å². The van der Waals surface area contributed by atoms with E-state index in [1.54, 1.807) is 6.07 Å². The number of piperidine rings is 1. The zero-order valence-electron chi connectivity index (χ0n) is 21.9. The monoisotopic (exact) mass is 504 g/mol. The molecule has 4 rings (SSSR count). The first kappa shape index (κ1) is 26.6. The number of nitrogens with zero attached hydrogens (tertiary/aromatic N) is 2. The number of carbonyl (C=O) groups is 3. The van der Waals surface area contributed by atoms with Crippen molar-refractivity contribution >= 4 is 17.8 Å². The van der Waals surface area contributed by atoms with E-state index in [-0.39, 0.29) is 17.9 Å². The van der Waals surface area contributed by atoms with Crippen molar-refractivity contribution in [2.45, 2.75) is 56.6 Å². The third-order valence-corrected chi connectivity index (χ3v) is 7.93. The van der Waals surface area contributed by atoms with Crippen LogP contribution in [0.4, 0.5) is 0 Å². The van der Waals surface area contributed by atoms with E-state index in [4.69, 9.17) is 9.47 Å². The van der Waals surface area contributed by atoms with Gasteiger partial charge >= 0.3 is 11.9 Å². The largest absolute Gasteiger partial charge is 0.457 e. The number of hydrogen-bond donors (Lipinski definition) is 0. The maximum Gasteiger partial charge on any atom is 0.308 e. The van der Waals surface area contributed by atoms with Gasteiger partial charge in [0.2, 0.25) is 0 Å². The molecule has 1 heterocycles. The normalized spacial score (nSPS) is 25.4. The lowest BCUT2D eigenvalue weighted by atomic mass is 9.55. The van der Waals surface area contributed by atoms with E-state index in [9.17, 15) is 14.4 Å². The SMILES string of the molecule is C=CCN1CC[C@@]2(c3cccc(OC(C)=O)c3)C[C@H](N(C)C(=O)c3ccccc3)CC[C@]2(OC(C)=O)C1. The van der Waals surface area contributed by atoms with Gasteiger partial charge in [-0.2, -0.15) is 0 Å². The second-order valence-corrected chi connectivity index (χ2v) is 10.2. The van der Waals surface area contributed by atoms with Crippen molar-refractivity contribution in [3.8, 4) is 5.75 Å². The highest BCUT2D eigenvalue weighted by Gasteiger charge is 2.61. The van der Waals surface area contributed by atoms with Crippen LogP contribution < -0.4 is 4.74 Å². The van der Waals surface area contributed by atoms with Crippen LogP contribution in [0.2, 0.25) is 0 Å². The first-order valence-electron chi connectivity index (χ1n) is 12.8. The van der Waals surface area contributed by atoms with Crippen LogP contribution in [0.15, 0.2) is 67.3 Å². The number of hydrogen-bond acceptors (Lipinski definition) is 6. The number of rotatable bonds is 7. The third-order valence-electron chi connectivity index (χ3n) is 7.93. The minimum absolute atomic E-state index is 0.0292. The molecule has 1 aliphatic heterocycles. The highest BCUT2D eigenvalue weighted by atomic mass is 16.6. The molecule has 2 fully saturated rings. The molecule has 1 saturated carbocycles. The Bertz CT molecular complexity index is 1170. The molecule has 0 bridgehead atoms. The van der Waals surface area contributed by atoms with Crippen molar-refractivity contribution in [3.63, 3.8) is 0 Å². The molecule has 0 radical (unpaired) electrons. The fourth-order valence-corrected chi connectivity index (χ4v) is 6.30. The molecule has 0 aromatic heterocycles. The molecule has 2 aromatic rings. The topological polar surface area (TPSA) is 76.2 Å². The van der Waals surface area contributed by atoms with E-state index in [2.05, 4.69) is 11.5 Å². The highest BCUT2D eigenvalue weighted by Crippen LogP contribution is 2.54. The van der Waals surface area contributed by atoms with Gasteiger partial charge in [-0.3, -0.25) is 19.3 Å². The summed E-state index contributed by atoms with van der Waals surface area (Å²) in [5.74, 6) is -0.288. The summed E-state index contributed by atoms with van der Waals surface area (Å²) in [5, 5.41) is 0. The van der Waals surface area contributed by atoms with Gasteiger partial charge in [-0.15, -0.1) is 6.58 Å². The third kappa shape index (κ3) is 5.32. The number of amides is 1. The van der Waals surface area contributed by atoms with Gasteiger partial charge in [0, 0.05) is 51.0 Å². The maximum absolute atomic E-state index is 13.4. The Morgan fingerprint density at radius 2 is 1.84 bits per heavy atom. The Hall–Kier alpha value is -3.45. The Morgan fingerprint density at radius 3 is 2.51 bits per heavy atom. The molecule has 1 aliphatic carbocycles. The summed E-state index contributed by atoms with van der Waals surface area (Å²) < 4.78 is 11.7. The van der Waals surface area contributed by atoms with Crippen LogP contribution in [0, 0.1) is 0 Å². The van der Waals surface area contributed by atoms with Crippen LogP contribution in [-0.4, -0.2) is 66.0 Å². The average molecular weight is 505 g/mol. The second kappa shape index (κ2) is 10.9. The Kier molecular flexibility index (Phi) is 7.83. The summed E-state index contributed by atoms with van der Waals surface area (Å²) in [6.07, 6.45) is 4.53. The standard InChI is InChI=1S/C30H36N2O5/c1-5-17-32-18-16-29(25-12-9-13-27(19-25)36-22(2)33)20-26(14-15-30(29,21-32)37-23(3)34)31(4)28(35)24-10-7-6-8-11-24/h5-13,19,26H,1,14-18,20-21H2,2-4H3/t26-,29+,30+/m1/s1. The van der Waals surface area contributed by atoms with Gasteiger partial charge in [0.05, 0.1) is 0 Å². The number of benzene rings is 2. The molecule has 1 amide bonds. The molecule has 2 aliphatic rings. The van der Waals surface area contributed by atoms with Gasteiger partial charge in [0.15, 0.2) is 0 Å². The fraction of sp³-hybridized carbons (Fsp3) is 0.433. The summed E-state index contributed by atoms with van der Waals surface area (Å²) in [5.41, 5.74) is 0.243. The first-order chi connectivity index (χ1) is 17.7. The molecule has 1 saturated heterocycles. The lowest BCUT2D eigenvalue weighted by Gasteiger charge is -2.60. The maximum atomic E-state index is 13.4. The molecule has 0 N–H and O–H groups in total. The first-order valence-corrected chi connectivity index (χ1v) is 12.8. The summed E-state index contributed by atoms with van der Waals surface area (Å²) in [7, 11) is 1.86. The predicted octanol–water partition coefficient (Wildman–Crippen LogP) is 4.37. The minimum atomic E-state index is -0.790. The van der Waals surface area contributed by atoms with Crippen molar-refractivity contribution in [2.24, 2.45) is 0 Å². The van der Waals surface area contributed by atoms with E-state index in [1.807, 2.05) is 66.6 Å². The molecule has 2 aromatic carbocycles. The lowest BCUT2D eigenvalue weighted by molar-refractivity contribution is -0.188. The van der Waals surface area contributed by atoms with Gasteiger partial charge in [-0.05, 0) is 62.1 Å². The van der Waals surface area contributed by atoms with Crippen molar-refractivity contribution in [2.75, 3.05) is 26.7 Å². The molecular formula is C30H36N2O5. The van der Waals surface area contributed by atoms with E-state index in [1.165, 1.54) is 13.8 Å². The Labute approximate surface area is 219 Å². The van der Waals surface area contributed by atoms with Crippen LogP contribution in [0.1, 0.15) is 55.5 Å². The average Bonchev–Trinajstić information content (AvgIpc) is 2.87. The number of esters is 2. The highest BCUT2D eigenvalue weighted by molar-refractivity contribution is 5.94. The summed E-state index contributed by atoms with van der Waals surface area (Å²) >= 11 is 0. The van der Waals surface area contributed by atoms with Crippen LogP contribution in [0.3, 0.4) is 0 Å². The predicted molar refractivity (Wildman–Crippen MR) is 141 cm³/mol. The van der Waals surface area contributed by atoms with Gasteiger partial charge in [0.1, 0.15) is 11.4 Å². The number of ether oxygens (including phenoxy) is 2. The van der Waals surface area contributed by atoms with Crippen molar-refractivity contribution in [1.29, 1.82) is 0 Å². The van der Waals surface area contributed by atoms with E-state index < -0.39 is 17.0 Å². The molecule has 0 spiro atoms. The zero-order chi connectivity index (χ0) is 26.6. The molecule has 196 valence electrons. The van der Waals surface area contributed by atoms with Gasteiger partial charge < -0.3 is 14.4 Å². The minimum Gasteiger partial charge on any atom is -0.457 e. The summed E-state index contributed by atoms with van der Waals surface area (Å²) in [6.45, 7) is 8.79. The van der Waals surface area contributed by atoms with E-state index >= 15 is 0 Å². The fourth-order valence-electron chi connectivity index (χ4n) is 6.30. The molecular weight excluding hydrogens is 468 g/mol. The second-order valence-electron chi connectivity index (χ2n) is 10.2. The van der Waals surface area contributed by atoms with Crippen LogP contribution in [-0.2, 0) is 19.7 Å². The molecule has 7 nitrogen and oxygen atoms in total. The van der Waals surface area contributed by atoms with E-state index in [0.717, 1.165) is 18.5 Å². The summed E-state index contributed by atoms with van der Waals surface area (Å²) in [4.78, 5) is 41.7. The van der Waals surface area contributed by atoms with Gasteiger partial charge in [0.25, 0.3) is 5.91 Å². The van der Waals surface area contributed by atoms with Crippen LogP contribution >= 0.6 is 0 Å². The van der Waals surface area contributed by atoms with Gasteiger partial charge in [-0.1, -0.05) is 36.4 Å². The number of carbonyl (C=O) groups excluding carboxylic acids is 3. The van der Waals surface area contributed by atoms with Gasteiger partial charge in [-0.25, -0.2) is 0 Å². The Balaban J connectivity index is 1.78. The molecule has 37 heavy (non-hydrogen) atoms. The molecule has 3 atom stereocenters. The van der Waals surface area contributed by atoms with Crippen molar-refractivity contribution < 1.29 is 23.9 Å². The zero-order valence-corrected chi connectivity index (χ0v) is 21.9. The summed E-state index contributed by atoms with van der Waals surface area (Å²) in [6, 6.07) is 16.8. The number of likely N-dealkylation sites (tertiary alicyclic amines) is 1. The lowest BCUT2D eigenvalue weighted by Crippen LogP contribution is -2.68. The van der Waals surface area contributed by atoms with Crippen LogP contribution in [0.5, 0.6) is 5.75 Å². The smallest absolute Gasteiger partial charge is 0.308 e. The van der Waals surface area contributed by atoms with E-state index in [0.29, 0.717) is 43.7 Å². The van der Waals surface area contributed by atoms with Crippen molar-refractivity contribution in [1.82, 2.24) is 9.80 Å². The molecule has 0 unspecified atom stereocenters. The quantitative estimate of drug-likeness (QED) is 0.317. The number of fused-ring (bicyclic) bond motifs is 1. The molecule has 7 heteroatoms.